The number of fused-ring (bicyclic) bond motifs is 1. The van der Waals surface area contributed by atoms with E-state index in [0.29, 0.717) is 17.6 Å². The average molecular weight is 283 g/mol. The van der Waals surface area contributed by atoms with E-state index in [1.54, 1.807) is 0 Å². The molecule has 110 valence electrons. The highest BCUT2D eigenvalue weighted by Crippen LogP contribution is 2.30. The summed E-state index contributed by atoms with van der Waals surface area (Å²) in [5, 5.41) is 15.9. The molecule has 0 atom stereocenters. The molecule has 0 spiro atoms. The largest absolute Gasteiger partial charge is 0.353 e. The number of nitrogens with zero attached hydrogens (tertiary/aromatic N) is 3. The third-order valence-corrected chi connectivity index (χ3v) is 3.91. The first-order valence-electron chi connectivity index (χ1n) is 7.58. The first-order chi connectivity index (χ1) is 10.2. The number of nitrogens with one attached hydrogen (secondary N) is 2. The van der Waals surface area contributed by atoms with Gasteiger partial charge >= 0.3 is 0 Å². The Morgan fingerprint density at radius 1 is 1.38 bits per heavy atom. The lowest BCUT2D eigenvalue weighted by Gasteiger charge is -2.26. The predicted molar refractivity (Wildman–Crippen MR) is 84.3 cm³/mol. The van der Waals surface area contributed by atoms with Crippen molar-refractivity contribution < 1.29 is 0 Å². The molecular weight excluding hydrogens is 262 g/mol. The topological polar surface area (TPSA) is 65.7 Å². The Bertz CT molecular complexity index is 674. The Morgan fingerprint density at radius 2 is 2.14 bits per heavy atom. The molecule has 0 amide bonds. The van der Waals surface area contributed by atoms with Gasteiger partial charge in [0.05, 0.1) is 22.7 Å². The number of hydrogen-bond acceptors (Lipinski definition) is 4. The molecule has 0 unspecified atom stereocenters. The van der Waals surface area contributed by atoms with Crippen molar-refractivity contribution in [3.63, 3.8) is 0 Å². The van der Waals surface area contributed by atoms with Gasteiger partial charge in [0.25, 0.3) is 0 Å². The van der Waals surface area contributed by atoms with Gasteiger partial charge in [-0.15, -0.1) is 0 Å². The summed E-state index contributed by atoms with van der Waals surface area (Å²) in [5.74, 6) is 0.919. The third kappa shape index (κ3) is 2.72. The Kier molecular flexibility index (Phi) is 3.80. The van der Waals surface area contributed by atoms with E-state index >= 15 is 0 Å². The van der Waals surface area contributed by atoms with Crippen molar-refractivity contribution in [2.75, 3.05) is 18.4 Å². The maximum Gasteiger partial charge on any atom is 0.204 e. The molecule has 2 heterocycles. The summed E-state index contributed by atoms with van der Waals surface area (Å²) in [4.78, 5) is 4.72. The van der Waals surface area contributed by atoms with Gasteiger partial charge < -0.3 is 15.2 Å². The molecule has 1 aliphatic rings. The fourth-order valence-electron chi connectivity index (χ4n) is 2.96. The molecule has 2 N–H and O–H groups in total. The number of piperidine rings is 1. The van der Waals surface area contributed by atoms with Gasteiger partial charge in [-0.2, -0.15) is 5.26 Å². The van der Waals surface area contributed by atoms with Crippen LogP contribution in [0.5, 0.6) is 0 Å². The van der Waals surface area contributed by atoms with Crippen LogP contribution in [0.1, 0.15) is 38.3 Å². The zero-order valence-corrected chi connectivity index (χ0v) is 12.6. The first-order valence-corrected chi connectivity index (χ1v) is 7.58. The van der Waals surface area contributed by atoms with Crippen LogP contribution in [0.2, 0.25) is 0 Å². The molecule has 5 heteroatoms. The zero-order chi connectivity index (χ0) is 14.8. The van der Waals surface area contributed by atoms with E-state index in [9.17, 15) is 0 Å². The first kappa shape index (κ1) is 13.9. The SMILES string of the molecule is CC(C)Nc1nc2cc(C#N)ccc2n1C1CCNCC1. The molecule has 0 aliphatic carbocycles. The van der Waals surface area contributed by atoms with Crippen LogP contribution in [0.15, 0.2) is 18.2 Å². The van der Waals surface area contributed by atoms with Crippen LogP contribution in [0.25, 0.3) is 11.0 Å². The second-order valence-electron chi connectivity index (χ2n) is 5.90. The monoisotopic (exact) mass is 283 g/mol. The van der Waals surface area contributed by atoms with Crippen LogP contribution in [-0.4, -0.2) is 28.7 Å². The van der Waals surface area contributed by atoms with Gasteiger partial charge in [-0.25, -0.2) is 4.98 Å². The predicted octanol–water partition coefficient (Wildman–Crippen LogP) is 2.65. The van der Waals surface area contributed by atoms with Crippen molar-refractivity contribution in [3.05, 3.63) is 23.8 Å². The number of hydrogen-bond donors (Lipinski definition) is 2. The van der Waals surface area contributed by atoms with E-state index in [-0.39, 0.29) is 0 Å². The van der Waals surface area contributed by atoms with Crippen LogP contribution < -0.4 is 10.6 Å². The lowest BCUT2D eigenvalue weighted by molar-refractivity contribution is 0.377. The fourth-order valence-corrected chi connectivity index (χ4v) is 2.96. The summed E-state index contributed by atoms with van der Waals surface area (Å²) in [5.41, 5.74) is 2.67. The molecule has 3 rings (SSSR count). The minimum Gasteiger partial charge on any atom is -0.353 e. The van der Waals surface area contributed by atoms with Crippen LogP contribution in [0.3, 0.4) is 0 Å². The lowest BCUT2D eigenvalue weighted by atomic mass is 10.1. The van der Waals surface area contributed by atoms with Gasteiger partial charge in [0.2, 0.25) is 5.95 Å². The summed E-state index contributed by atoms with van der Waals surface area (Å²) in [6.45, 7) is 6.32. The normalized spacial score (nSPS) is 16.3. The van der Waals surface area contributed by atoms with Gasteiger partial charge in [0.15, 0.2) is 0 Å². The quantitative estimate of drug-likeness (QED) is 0.909. The van der Waals surface area contributed by atoms with Gasteiger partial charge in [0, 0.05) is 12.1 Å². The summed E-state index contributed by atoms with van der Waals surface area (Å²) in [6.07, 6.45) is 2.22. The number of aromatic nitrogens is 2. The standard InChI is InChI=1S/C16H21N5/c1-11(2)19-16-20-14-9-12(10-17)3-4-15(14)21(16)13-5-7-18-8-6-13/h3-4,9,11,13,18H,5-8H2,1-2H3,(H,19,20). The fraction of sp³-hybridized carbons (Fsp3) is 0.500. The van der Waals surface area contributed by atoms with E-state index in [0.717, 1.165) is 42.9 Å². The van der Waals surface area contributed by atoms with Crippen molar-refractivity contribution in [2.24, 2.45) is 0 Å². The Balaban J connectivity index is 2.10. The number of rotatable bonds is 3. The highest BCUT2D eigenvalue weighted by Gasteiger charge is 2.21. The molecule has 1 aromatic carbocycles. The molecule has 21 heavy (non-hydrogen) atoms. The van der Waals surface area contributed by atoms with Crippen LogP contribution in [-0.2, 0) is 0 Å². The molecule has 5 nitrogen and oxygen atoms in total. The van der Waals surface area contributed by atoms with E-state index < -0.39 is 0 Å². The summed E-state index contributed by atoms with van der Waals surface area (Å²) in [7, 11) is 0. The highest BCUT2D eigenvalue weighted by atomic mass is 15.2. The lowest BCUT2D eigenvalue weighted by Crippen LogP contribution is -2.30. The van der Waals surface area contributed by atoms with Gasteiger partial charge in [-0.3, -0.25) is 0 Å². The zero-order valence-electron chi connectivity index (χ0n) is 12.6. The average Bonchev–Trinajstić information content (AvgIpc) is 2.83. The van der Waals surface area contributed by atoms with Crippen molar-refractivity contribution in [2.45, 2.75) is 38.8 Å². The number of benzene rings is 1. The van der Waals surface area contributed by atoms with E-state index in [1.165, 1.54) is 0 Å². The molecule has 1 fully saturated rings. The van der Waals surface area contributed by atoms with Crippen molar-refractivity contribution in [1.29, 1.82) is 5.26 Å². The Hall–Kier alpha value is -2.06. The maximum atomic E-state index is 9.06. The molecule has 1 aliphatic heterocycles. The molecule has 1 saturated heterocycles. The van der Waals surface area contributed by atoms with E-state index in [4.69, 9.17) is 10.2 Å². The van der Waals surface area contributed by atoms with E-state index in [2.05, 4.69) is 35.1 Å². The van der Waals surface area contributed by atoms with Crippen LogP contribution >= 0.6 is 0 Å². The van der Waals surface area contributed by atoms with Crippen molar-refractivity contribution in [1.82, 2.24) is 14.9 Å². The smallest absolute Gasteiger partial charge is 0.204 e. The molecule has 0 bridgehead atoms. The van der Waals surface area contributed by atoms with Crippen LogP contribution in [0.4, 0.5) is 5.95 Å². The van der Waals surface area contributed by atoms with Gasteiger partial charge in [-0.05, 0) is 58.0 Å². The second-order valence-corrected chi connectivity index (χ2v) is 5.90. The summed E-state index contributed by atoms with van der Waals surface area (Å²) in [6, 6.07) is 8.75. The summed E-state index contributed by atoms with van der Waals surface area (Å²) < 4.78 is 2.32. The number of anilines is 1. The highest BCUT2D eigenvalue weighted by molar-refractivity contribution is 5.80. The minimum atomic E-state index is 0.331. The van der Waals surface area contributed by atoms with Crippen molar-refractivity contribution in [3.8, 4) is 6.07 Å². The Morgan fingerprint density at radius 3 is 2.81 bits per heavy atom. The Labute approximate surface area is 125 Å². The van der Waals surface area contributed by atoms with Gasteiger partial charge in [-0.1, -0.05) is 0 Å². The van der Waals surface area contributed by atoms with E-state index in [1.807, 2.05) is 18.2 Å². The van der Waals surface area contributed by atoms with Crippen LogP contribution in [0, 0.1) is 11.3 Å². The minimum absolute atomic E-state index is 0.331. The molecule has 0 saturated carbocycles. The van der Waals surface area contributed by atoms with Crippen molar-refractivity contribution >= 4 is 17.0 Å². The number of imidazole rings is 1. The summed E-state index contributed by atoms with van der Waals surface area (Å²) >= 11 is 0. The molecular formula is C16H21N5. The molecule has 2 aromatic rings. The number of nitriles is 1. The molecule has 1 aromatic heterocycles. The van der Waals surface area contributed by atoms with Gasteiger partial charge in [0.1, 0.15) is 0 Å². The molecule has 0 radical (unpaired) electrons. The maximum absolute atomic E-state index is 9.06. The third-order valence-electron chi connectivity index (χ3n) is 3.91. The second kappa shape index (κ2) is 5.74.